The summed E-state index contributed by atoms with van der Waals surface area (Å²) in [6.45, 7) is 4.78. The average molecular weight is 388 g/mol. The van der Waals surface area contributed by atoms with Crippen molar-refractivity contribution in [2.45, 2.75) is 81.1 Å². The summed E-state index contributed by atoms with van der Waals surface area (Å²) in [6, 6.07) is 0. The van der Waals surface area contributed by atoms with Gasteiger partial charge in [0.1, 0.15) is 5.60 Å². The fourth-order valence-corrected chi connectivity index (χ4v) is 8.26. The number of rotatable bonds is 0. The highest BCUT2D eigenvalue weighted by molar-refractivity contribution is 6.01. The van der Waals surface area contributed by atoms with Gasteiger partial charge >= 0.3 is 0 Å². The third-order valence-electron chi connectivity index (χ3n) is 9.20. The van der Waals surface area contributed by atoms with E-state index in [2.05, 4.69) is 6.92 Å². The van der Waals surface area contributed by atoms with Crippen molar-refractivity contribution in [2.75, 3.05) is 26.4 Å². The lowest BCUT2D eigenvalue weighted by atomic mass is 9.54. The Morgan fingerprint density at radius 2 is 1.68 bits per heavy atom. The van der Waals surface area contributed by atoms with E-state index in [1.165, 1.54) is 5.57 Å². The minimum atomic E-state index is -0.607. The molecule has 4 spiro atoms. The van der Waals surface area contributed by atoms with Crippen molar-refractivity contribution in [3.05, 3.63) is 11.1 Å². The van der Waals surface area contributed by atoms with Crippen LogP contribution in [-0.2, 0) is 28.5 Å². The Kier molecular flexibility index (Phi) is 2.98. The van der Waals surface area contributed by atoms with Crippen LogP contribution in [-0.4, -0.2) is 55.0 Å². The van der Waals surface area contributed by atoms with Gasteiger partial charge in [0.05, 0.1) is 32.0 Å². The van der Waals surface area contributed by atoms with Crippen molar-refractivity contribution in [3.63, 3.8) is 0 Å². The third-order valence-corrected chi connectivity index (χ3v) is 9.20. The van der Waals surface area contributed by atoms with Crippen molar-refractivity contribution in [2.24, 2.45) is 11.3 Å². The Balaban J connectivity index is 1.35. The van der Waals surface area contributed by atoms with Crippen molar-refractivity contribution in [3.8, 4) is 0 Å². The highest BCUT2D eigenvalue weighted by Gasteiger charge is 2.77. The second-order valence-corrected chi connectivity index (χ2v) is 10.2. The molecule has 0 N–H and O–H groups in total. The summed E-state index contributed by atoms with van der Waals surface area (Å²) in [5, 5.41) is 0. The highest BCUT2D eigenvalue weighted by Crippen LogP contribution is 2.73. The normalized spacial score (nSPS) is 49.9. The predicted octanol–water partition coefficient (Wildman–Crippen LogP) is 2.64. The number of Topliss-reactive ketones (excluding diaryl/α,β-unsaturated/α-hetero) is 1. The number of ketones is 1. The van der Waals surface area contributed by atoms with Crippen LogP contribution in [0.15, 0.2) is 11.1 Å². The molecule has 4 heterocycles. The largest absolute Gasteiger partial charge is 0.359 e. The monoisotopic (exact) mass is 388 g/mol. The Hall–Kier alpha value is -0.790. The number of carbonyl (C=O) groups excluding carboxylic acids is 1. The fraction of sp³-hybridized carbons (Fsp3) is 0.864. The maximum atomic E-state index is 13.6. The molecule has 6 nitrogen and oxygen atoms in total. The standard InChI is InChI=1S/C22H28O6/c1-18-12-15(23)17-14-2-4-20(24-8-9-25-20)13-19(14)6-7-21(17,28-19)16(18)3-5-22(18)26-10-11-27-22/h16H,2-13H2,1H3/t16-,18+,19?,21?/m1/s1. The molecule has 7 aliphatic rings. The molecule has 3 aliphatic carbocycles. The molecule has 0 amide bonds. The molecule has 2 unspecified atom stereocenters. The van der Waals surface area contributed by atoms with E-state index in [-0.39, 0.29) is 22.7 Å². The van der Waals surface area contributed by atoms with Crippen LogP contribution >= 0.6 is 0 Å². The van der Waals surface area contributed by atoms with Crippen LogP contribution in [0.5, 0.6) is 0 Å². The van der Waals surface area contributed by atoms with Gasteiger partial charge in [0.2, 0.25) is 0 Å². The molecule has 28 heavy (non-hydrogen) atoms. The van der Waals surface area contributed by atoms with Crippen LogP contribution in [0.25, 0.3) is 0 Å². The van der Waals surface area contributed by atoms with Crippen LogP contribution in [0.4, 0.5) is 0 Å². The Bertz CT molecular complexity index is 806. The predicted molar refractivity (Wildman–Crippen MR) is 96.4 cm³/mol. The van der Waals surface area contributed by atoms with Gasteiger partial charge in [-0.3, -0.25) is 4.79 Å². The smallest absolute Gasteiger partial charge is 0.174 e. The van der Waals surface area contributed by atoms with Gasteiger partial charge in [0, 0.05) is 42.6 Å². The quantitative estimate of drug-likeness (QED) is 0.636. The number of hydrogen-bond donors (Lipinski definition) is 0. The van der Waals surface area contributed by atoms with Crippen molar-refractivity contribution >= 4 is 5.78 Å². The van der Waals surface area contributed by atoms with Gasteiger partial charge in [-0.25, -0.2) is 0 Å². The Labute approximate surface area is 164 Å². The molecule has 4 aliphatic heterocycles. The molecule has 6 fully saturated rings. The van der Waals surface area contributed by atoms with E-state index < -0.39 is 17.2 Å². The molecule has 6 heteroatoms. The van der Waals surface area contributed by atoms with Gasteiger partial charge in [-0.1, -0.05) is 6.92 Å². The summed E-state index contributed by atoms with van der Waals surface area (Å²) >= 11 is 0. The minimum absolute atomic E-state index is 0.264. The lowest BCUT2D eigenvalue weighted by Crippen LogP contribution is -2.58. The zero-order valence-corrected chi connectivity index (χ0v) is 16.5. The summed E-state index contributed by atoms with van der Waals surface area (Å²) in [7, 11) is 0. The van der Waals surface area contributed by atoms with Gasteiger partial charge in [-0.05, 0) is 31.3 Å². The van der Waals surface area contributed by atoms with Crippen LogP contribution in [0.1, 0.15) is 58.3 Å². The molecule has 3 saturated heterocycles. The van der Waals surface area contributed by atoms with Crippen molar-refractivity contribution in [1.29, 1.82) is 0 Å². The van der Waals surface area contributed by atoms with Crippen LogP contribution < -0.4 is 0 Å². The van der Waals surface area contributed by atoms with E-state index in [0.29, 0.717) is 32.8 Å². The number of carbonyl (C=O) groups is 1. The molecule has 0 radical (unpaired) electrons. The highest BCUT2D eigenvalue weighted by atomic mass is 16.7. The first-order chi connectivity index (χ1) is 13.5. The first-order valence-electron chi connectivity index (χ1n) is 11.0. The van der Waals surface area contributed by atoms with E-state index in [1.54, 1.807) is 0 Å². The fourth-order valence-electron chi connectivity index (χ4n) is 8.26. The second kappa shape index (κ2) is 4.92. The first kappa shape index (κ1) is 16.9. The second-order valence-electron chi connectivity index (χ2n) is 10.2. The van der Waals surface area contributed by atoms with E-state index in [9.17, 15) is 4.79 Å². The molecule has 0 aromatic rings. The molecular formula is C22H28O6. The molecule has 4 atom stereocenters. The van der Waals surface area contributed by atoms with E-state index in [1.807, 2.05) is 0 Å². The van der Waals surface area contributed by atoms with Gasteiger partial charge in [0.25, 0.3) is 0 Å². The minimum Gasteiger partial charge on any atom is -0.359 e. The maximum absolute atomic E-state index is 13.6. The molecule has 0 aromatic heterocycles. The molecule has 0 aromatic carbocycles. The van der Waals surface area contributed by atoms with E-state index >= 15 is 0 Å². The summed E-state index contributed by atoms with van der Waals surface area (Å²) in [5.41, 5.74) is 1.14. The van der Waals surface area contributed by atoms with Gasteiger partial charge in [0.15, 0.2) is 17.4 Å². The van der Waals surface area contributed by atoms with Crippen LogP contribution in [0.3, 0.4) is 0 Å². The summed E-state index contributed by atoms with van der Waals surface area (Å²) in [4.78, 5) is 13.6. The Morgan fingerprint density at radius 3 is 2.46 bits per heavy atom. The zero-order chi connectivity index (χ0) is 18.8. The molecule has 2 bridgehead atoms. The topological polar surface area (TPSA) is 63.2 Å². The molecule has 152 valence electrons. The zero-order valence-electron chi connectivity index (χ0n) is 16.5. The summed E-state index contributed by atoms with van der Waals surface area (Å²) < 4.78 is 31.5. The first-order valence-corrected chi connectivity index (χ1v) is 11.0. The number of hydrogen-bond acceptors (Lipinski definition) is 6. The van der Waals surface area contributed by atoms with Crippen molar-refractivity contribution < 1.29 is 28.5 Å². The van der Waals surface area contributed by atoms with Crippen molar-refractivity contribution in [1.82, 2.24) is 0 Å². The van der Waals surface area contributed by atoms with Gasteiger partial charge < -0.3 is 23.7 Å². The molecule has 3 saturated carbocycles. The SMILES string of the molecule is C[C@]12CC(=O)C3=C4CCC5(CC46CCC3(O6)[C@@H]1CCC21OCCO1)OCCO5. The van der Waals surface area contributed by atoms with Crippen LogP contribution in [0.2, 0.25) is 0 Å². The van der Waals surface area contributed by atoms with E-state index in [0.717, 1.165) is 50.5 Å². The molecule has 7 rings (SSSR count). The van der Waals surface area contributed by atoms with E-state index in [4.69, 9.17) is 23.7 Å². The van der Waals surface area contributed by atoms with Crippen LogP contribution in [0, 0.1) is 11.3 Å². The van der Waals surface area contributed by atoms with Gasteiger partial charge in [-0.2, -0.15) is 0 Å². The summed E-state index contributed by atoms with van der Waals surface area (Å²) in [6.07, 6.45) is 6.67. The number of fused-ring (bicyclic) bond motifs is 2. The lowest BCUT2D eigenvalue weighted by molar-refractivity contribution is -0.248. The Morgan fingerprint density at radius 1 is 0.929 bits per heavy atom. The maximum Gasteiger partial charge on any atom is 0.174 e. The lowest BCUT2D eigenvalue weighted by Gasteiger charge is -2.51. The summed E-state index contributed by atoms with van der Waals surface area (Å²) in [5.74, 6) is -0.585. The third kappa shape index (κ3) is 1.66. The average Bonchev–Trinajstić information content (AvgIpc) is 3.44. The van der Waals surface area contributed by atoms with Gasteiger partial charge in [-0.15, -0.1) is 0 Å². The number of ether oxygens (including phenoxy) is 5. The molecular weight excluding hydrogens is 360 g/mol.